The van der Waals surface area contributed by atoms with Crippen LogP contribution in [-0.2, 0) is 9.53 Å². The first-order valence-electron chi connectivity index (χ1n) is 10.4. The summed E-state index contributed by atoms with van der Waals surface area (Å²) in [4.78, 5) is 28.8. The molecule has 0 atom stereocenters. The maximum atomic E-state index is 13.1. The minimum atomic E-state index is -0.370. The number of halogens is 1. The van der Waals surface area contributed by atoms with Gasteiger partial charge in [-0.15, -0.1) is 0 Å². The molecule has 2 aromatic heterocycles. The number of anilines is 1. The standard InChI is InChI=1S/C25H21FN2O4S/c1-2-3-14-31-24(30)17-6-11-20-22(15-17)33-25(27-20)28-23(29)13-10-19-9-12-21(32-19)16-4-7-18(26)8-5-16/h4-13,15H,2-3,14H2,1H3,(H,27,28,29)/b13-10+. The van der Waals surface area contributed by atoms with Crippen LogP contribution in [0.15, 0.2) is 65.1 Å². The van der Waals surface area contributed by atoms with Gasteiger partial charge in [-0.2, -0.15) is 0 Å². The molecule has 0 bridgehead atoms. The molecule has 8 heteroatoms. The van der Waals surface area contributed by atoms with Crippen LogP contribution in [0.25, 0.3) is 27.6 Å². The van der Waals surface area contributed by atoms with Crippen LogP contribution in [0.3, 0.4) is 0 Å². The topological polar surface area (TPSA) is 81.4 Å². The van der Waals surface area contributed by atoms with Gasteiger partial charge in [-0.25, -0.2) is 14.2 Å². The number of hydrogen-bond acceptors (Lipinski definition) is 6. The molecule has 0 aliphatic carbocycles. The maximum Gasteiger partial charge on any atom is 0.338 e. The highest BCUT2D eigenvalue weighted by molar-refractivity contribution is 7.22. The normalized spacial score (nSPS) is 11.2. The van der Waals surface area contributed by atoms with Crippen LogP contribution in [-0.4, -0.2) is 23.5 Å². The van der Waals surface area contributed by atoms with Gasteiger partial charge in [-0.05, 0) is 67.1 Å². The van der Waals surface area contributed by atoms with Gasteiger partial charge in [0.05, 0.1) is 22.4 Å². The van der Waals surface area contributed by atoms with E-state index in [0.717, 1.165) is 23.1 Å². The summed E-state index contributed by atoms with van der Waals surface area (Å²) in [6, 6.07) is 14.5. The lowest BCUT2D eigenvalue weighted by Crippen LogP contribution is -2.07. The predicted octanol–water partition coefficient (Wildman–Crippen LogP) is 6.30. The van der Waals surface area contributed by atoms with Crippen molar-refractivity contribution in [3.63, 3.8) is 0 Å². The lowest BCUT2D eigenvalue weighted by atomic mass is 10.2. The summed E-state index contributed by atoms with van der Waals surface area (Å²) in [6.07, 6.45) is 4.66. The number of rotatable bonds is 8. The number of thiazole rings is 1. The van der Waals surface area contributed by atoms with Gasteiger partial charge in [0.2, 0.25) is 5.91 Å². The Morgan fingerprint density at radius 1 is 1.15 bits per heavy atom. The largest absolute Gasteiger partial charge is 0.462 e. The van der Waals surface area contributed by atoms with E-state index in [0.29, 0.717) is 34.3 Å². The number of carbonyl (C=O) groups is 2. The number of esters is 1. The summed E-state index contributed by atoms with van der Waals surface area (Å²) < 4.78 is 24.8. The molecule has 0 radical (unpaired) electrons. The van der Waals surface area contributed by atoms with Gasteiger partial charge in [-0.3, -0.25) is 10.1 Å². The van der Waals surface area contributed by atoms with Gasteiger partial charge in [0.1, 0.15) is 17.3 Å². The zero-order valence-electron chi connectivity index (χ0n) is 17.8. The van der Waals surface area contributed by atoms with Crippen molar-refractivity contribution in [1.29, 1.82) is 0 Å². The Balaban J connectivity index is 1.39. The molecule has 0 aliphatic rings. The number of unbranched alkanes of at least 4 members (excludes halogenated alkanes) is 1. The zero-order chi connectivity index (χ0) is 23.2. The second-order valence-electron chi connectivity index (χ2n) is 7.22. The van der Waals surface area contributed by atoms with Crippen LogP contribution < -0.4 is 5.32 Å². The van der Waals surface area contributed by atoms with Crippen molar-refractivity contribution in [2.24, 2.45) is 0 Å². The fraction of sp³-hybridized carbons (Fsp3) is 0.160. The van der Waals surface area contributed by atoms with E-state index in [-0.39, 0.29) is 17.7 Å². The molecular formula is C25H21FN2O4S. The van der Waals surface area contributed by atoms with Crippen molar-refractivity contribution in [2.75, 3.05) is 11.9 Å². The second-order valence-corrected chi connectivity index (χ2v) is 8.25. The summed E-state index contributed by atoms with van der Waals surface area (Å²) in [7, 11) is 0. The third kappa shape index (κ3) is 5.72. The molecular weight excluding hydrogens is 443 g/mol. The molecule has 4 rings (SSSR count). The number of nitrogens with one attached hydrogen (secondary N) is 1. The number of amides is 1. The van der Waals surface area contributed by atoms with Crippen molar-refractivity contribution in [3.8, 4) is 11.3 Å². The molecule has 168 valence electrons. The molecule has 2 aromatic carbocycles. The van der Waals surface area contributed by atoms with Crippen LogP contribution in [0.5, 0.6) is 0 Å². The third-order valence-corrected chi connectivity index (χ3v) is 5.67. The first kappa shape index (κ1) is 22.4. The fourth-order valence-electron chi connectivity index (χ4n) is 3.01. The van der Waals surface area contributed by atoms with Gasteiger partial charge in [0.25, 0.3) is 0 Å². The lowest BCUT2D eigenvalue weighted by Gasteiger charge is -2.03. The summed E-state index contributed by atoms with van der Waals surface area (Å²) in [5.41, 5.74) is 1.87. The maximum absolute atomic E-state index is 13.1. The third-order valence-electron chi connectivity index (χ3n) is 4.74. The summed E-state index contributed by atoms with van der Waals surface area (Å²) in [6.45, 7) is 2.42. The Morgan fingerprint density at radius 3 is 2.76 bits per heavy atom. The van der Waals surface area contributed by atoms with Crippen LogP contribution in [0.4, 0.5) is 9.52 Å². The van der Waals surface area contributed by atoms with E-state index >= 15 is 0 Å². The van der Waals surface area contributed by atoms with Crippen molar-refractivity contribution in [2.45, 2.75) is 19.8 Å². The molecule has 0 spiro atoms. The fourth-order valence-corrected chi connectivity index (χ4v) is 3.92. The molecule has 0 saturated heterocycles. The monoisotopic (exact) mass is 464 g/mol. The van der Waals surface area contributed by atoms with E-state index in [1.165, 1.54) is 29.5 Å². The summed E-state index contributed by atoms with van der Waals surface area (Å²) in [5, 5.41) is 3.14. The highest BCUT2D eigenvalue weighted by Gasteiger charge is 2.12. The average Bonchev–Trinajstić information content (AvgIpc) is 3.44. The van der Waals surface area contributed by atoms with E-state index in [9.17, 15) is 14.0 Å². The average molecular weight is 465 g/mol. The smallest absolute Gasteiger partial charge is 0.338 e. The minimum absolute atomic E-state index is 0.319. The van der Waals surface area contributed by atoms with E-state index in [1.807, 2.05) is 6.92 Å². The van der Waals surface area contributed by atoms with E-state index in [4.69, 9.17) is 9.15 Å². The molecule has 4 aromatic rings. The van der Waals surface area contributed by atoms with Crippen molar-refractivity contribution < 1.29 is 23.1 Å². The highest BCUT2D eigenvalue weighted by atomic mass is 32.1. The van der Waals surface area contributed by atoms with Crippen LogP contribution in [0.1, 0.15) is 35.9 Å². The van der Waals surface area contributed by atoms with Gasteiger partial charge >= 0.3 is 5.97 Å². The van der Waals surface area contributed by atoms with Crippen molar-refractivity contribution in [3.05, 3.63) is 77.8 Å². The van der Waals surface area contributed by atoms with Gasteiger partial charge in [0, 0.05) is 11.6 Å². The Kier molecular flexibility index (Phi) is 6.95. The second kappa shape index (κ2) is 10.2. The SMILES string of the molecule is CCCCOC(=O)c1ccc2nc(NC(=O)/C=C/c3ccc(-c4ccc(F)cc4)o3)sc2c1. The Labute approximate surface area is 193 Å². The number of hydrogen-bond donors (Lipinski definition) is 1. The molecule has 1 N–H and O–H groups in total. The van der Waals surface area contributed by atoms with Crippen LogP contribution >= 0.6 is 11.3 Å². The number of nitrogens with zero attached hydrogens (tertiary/aromatic N) is 1. The first-order valence-corrected chi connectivity index (χ1v) is 11.3. The van der Waals surface area contributed by atoms with Crippen molar-refractivity contribution >= 4 is 44.6 Å². The van der Waals surface area contributed by atoms with E-state index < -0.39 is 0 Å². The molecule has 0 saturated carbocycles. The molecule has 0 aliphatic heterocycles. The first-order chi connectivity index (χ1) is 16.0. The molecule has 2 heterocycles. The molecule has 6 nitrogen and oxygen atoms in total. The number of ether oxygens (including phenoxy) is 1. The molecule has 1 amide bonds. The van der Waals surface area contributed by atoms with E-state index in [1.54, 1.807) is 48.5 Å². The molecule has 33 heavy (non-hydrogen) atoms. The summed E-state index contributed by atoms with van der Waals surface area (Å²) in [5.74, 6) is 0.00374. The van der Waals surface area contributed by atoms with Gasteiger partial charge in [0.15, 0.2) is 5.13 Å². The lowest BCUT2D eigenvalue weighted by molar-refractivity contribution is -0.111. The molecule has 0 unspecified atom stereocenters. The minimum Gasteiger partial charge on any atom is -0.462 e. The van der Waals surface area contributed by atoms with Crippen molar-refractivity contribution in [1.82, 2.24) is 4.98 Å². The summed E-state index contributed by atoms with van der Waals surface area (Å²) >= 11 is 1.27. The Hall–Kier alpha value is -3.78. The Morgan fingerprint density at radius 2 is 1.97 bits per heavy atom. The van der Waals surface area contributed by atoms with Crippen LogP contribution in [0, 0.1) is 5.82 Å². The number of benzene rings is 2. The Bertz CT molecular complexity index is 1310. The predicted molar refractivity (Wildman–Crippen MR) is 127 cm³/mol. The molecule has 0 fully saturated rings. The number of aromatic nitrogens is 1. The number of fused-ring (bicyclic) bond motifs is 1. The quantitative estimate of drug-likeness (QED) is 0.188. The van der Waals surface area contributed by atoms with Gasteiger partial charge in [-0.1, -0.05) is 24.7 Å². The number of furan rings is 1. The highest BCUT2D eigenvalue weighted by Crippen LogP contribution is 2.27. The van der Waals surface area contributed by atoms with Gasteiger partial charge < -0.3 is 9.15 Å². The van der Waals surface area contributed by atoms with Crippen LogP contribution in [0.2, 0.25) is 0 Å². The zero-order valence-corrected chi connectivity index (χ0v) is 18.7. The van der Waals surface area contributed by atoms with E-state index in [2.05, 4.69) is 10.3 Å². The number of carbonyl (C=O) groups excluding carboxylic acids is 2.